The number of carbonyl (C=O) groups is 1. The lowest BCUT2D eigenvalue weighted by Crippen LogP contribution is -2.45. The van der Waals surface area contributed by atoms with Crippen LogP contribution in [-0.4, -0.2) is 57.1 Å². The molecule has 0 saturated carbocycles. The van der Waals surface area contributed by atoms with Crippen molar-refractivity contribution in [2.24, 2.45) is 0 Å². The van der Waals surface area contributed by atoms with Crippen molar-refractivity contribution in [2.45, 2.75) is 25.3 Å². The average molecular weight is 354 g/mol. The number of nitrogens with zero attached hydrogens (tertiary/aromatic N) is 1. The molecule has 1 fully saturated rings. The maximum absolute atomic E-state index is 12.4. The number of nitrogens with one attached hydrogen (secondary N) is 1. The minimum atomic E-state index is -2.31. The number of carbonyl (C=O) groups excluding carboxylic acids is 1. The van der Waals surface area contributed by atoms with E-state index in [1.807, 2.05) is 6.07 Å². The molecule has 1 aliphatic heterocycles. The van der Waals surface area contributed by atoms with Crippen LogP contribution in [0.4, 0.5) is 8.78 Å². The monoisotopic (exact) mass is 354 g/mol. The summed E-state index contributed by atoms with van der Waals surface area (Å²) >= 11 is 0. The molecule has 1 aromatic rings. The van der Waals surface area contributed by atoms with E-state index in [-0.39, 0.29) is 18.5 Å². The Morgan fingerprint density at radius 1 is 1.28 bits per heavy atom. The highest BCUT2D eigenvalue weighted by molar-refractivity contribution is 5.92. The number of likely N-dealkylation sites (tertiary alicyclic amines) is 1. The van der Waals surface area contributed by atoms with Crippen LogP contribution in [0, 0.1) is 0 Å². The lowest BCUT2D eigenvalue weighted by atomic mass is 10.0. The SMILES string of the molecule is COc1ccc(/C=C/C(=O)NC2CCN(CC(F)F)CC2)cc1OC. The number of ether oxygens (including phenoxy) is 2. The van der Waals surface area contributed by atoms with Crippen molar-refractivity contribution < 1.29 is 23.0 Å². The molecule has 138 valence electrons. The van der Waals surface area contributed by atoms with Crippen LogP contribution >= 0.6 is 0 Å². The lowest BCUT2D eigenvalue weighted by Gasteiger charge is -2.31. The van der Waals surface area contributed by atoms with Gasteiger partial charge in [0.1, 0.15) is 0 Å². The molecule has 25 heavy (non-hydrogen) atoms. The molecule has 0 bridgehead atoms. The molecule has 7 heteroatoms. The molecule has 0 aromatic heterocycles. The molecule has 1 aromatic carbocycles. The van der Waals surface area contributed by atoms with Crippen LogP contribution in [0.25, 0.3) is 6.08 Å². The summed E-state index contributed by atoms with van der Waals surface area (Å²) < 4.78 is 35.1. The summed E-state index contributed by atoms with van der Waals surface area (Å²) in [6, 6.07) is 5.41. The Morgan fingerprint density at radius 3 is 2.56 bits per heavy atom. The van der Waals surface area contributed by atoms with Gasteiger partial charge < -0.3 is 14.8 Å². The molecule has 1 saturated heterocycles. The highest BCUT2D eigenvalue weighted by Gasteiger charge is 2.21. The fourth-order valence-electron chi connectivity index (χ4n) is 2.83. The number of benzene rings is 1. The third kappa shape index (κ3) is 6.01. The zero-order valence-corrected chi connectivity index (χ0v) is 14.5. The van der Waals surface area contributed by atoms with E-state index in [9.17, 15) is 13.6 Å². The molecule has 0 atom stereocenters. The first-order valence-corrected chi connectivity index (χ1v) is 8.23. The minimum absolute atomic E-state index is 0.0245. The summed E-state index contributed by atoms with van der Waals surface area (Å²) in [4.78, 5) is 13.8. The largest absolute Gasteiger partial charge is 0.493 e. The fourth-order valence-corrected chi connectivity index (χ4v) is 2.83. The zero-order chi connectivity index (χ0) is 18.2. The van der Waals surface area contributed by atoms with Gasteiger partial charge >= 0.3 is 0 Å². The Labute approximate surface area is 146 Å². The van der Waals surface area contributed by atoms with Crippen molar-refractivity contribution in [1.29, 1.82) is 0 Å². The van der Waals surface area contributed by atoms with Crippen molar-refractivity contribution in [3.63, 3.8) is 0 Å². The number of amides is 1. The van der Waals surface area contributed by atoms with Crippen molar-refractivity contribution in [3.8, 4) is 11.5 Å². The second-order valence-corrected chi connectivity index (χ2v) is 5.92. The van der Waals surface area contributed by atoms with E-state index in [1.54, 1.807) is 37.3 Å². The normalized spacial score (nSPS) is 16.4. The van der Waals surface area contributed by atoms with Gasteiger partial charge in [-0.1, -0.05) is 6.07 Å². The minimum Gasteiger partial charge on any atom is -0.493 e. The van der Waals surface area contributed by atoms with E-state index in [1.165, 1.54) is 6.08 Å². The van der Waals surface area contributed by atoms with Gasteiger partial charge in [0.25, 0.3) is 6.43 Å². The zero-order valence-electron chi connectivity index (χ0n) is 14.5. The molecule has 1 amide bonds. The summed E-state index contributed by atoms with van der Waals surface area (Å²) in [5.41, 5.74) is 0.819. The van der Waals surface area contributed by atoms with Gasteiger partial charge in [-0.05, 0) is 36.6 Å². The number of hydrogen-bond acceptors (Lipinski definition) is 4. The Kier molecular flexibility index (Phi) is 7.18. The first kappa shape index (κ1) is 19.2. The molecule has 0 radical (unpaired) electrons. The fraction of sp³-hybridized carbons (Fsp3) is 0.500. The molecule has 5 nitrogen and oxygen atoms in total. The maximum Gasteiger partial charge on any atom is 0.251 e. The molecular formula is C18H24F2N2O3. The van der Waals surface area contributed by atoms with Crippen LogP contribution in [-0.2, 0) is 4.79 Å². The second kappa shape index (κ2) is 9.36. The predicted octanol–water partition coefficient (Wildman–Crippen LogP) is 2.56. The highest BCUT2D eigenvalue weighted by atomic mass is 19.3. The first-order chi connectivity index (χ1) is 12.0. The topological polar surface area (TPSA) is 50.8 Å². The Morgan fingerprint density at radius 2 is 1.96 bits per heavy atom. The van der Waals surface area contributed by atoms with E-state index >= 15 is 0 Å². The van der Waals surface area contributed by atoms with Crippen LogP contribution in [0.5, 0.6) is 11.5 Å². The van der Waals surface area contributed by atoms with Crippen molar-refractivity contribution in [3.05, 3.63) is 29.8 Å². The standard InChI is InChI=1S/C18H24F2N2O3/c1-24-15-5-3-13(11-16(15)25-2)4-6-18(23)21-14-7-9-22(10-8-14)12-17(19)20/h3-6,11,14,17H,7-10,12H2,1-2H3,(H,21,23)/b6-4+. The number of alkyl halides is 2. The second-order valence-electron chi connectivity index (χ2n) is 5.92. The molecule has 1 aliphatic rings. The Hall–Kier alpha value is -2.15. The van der Waals surface area contributed by atoms with Gasteiger partial charge in [-0.15, -0.1) is 0 Å². The van der Waals surface area contributed by atoms with Gasteiger partial charge in [0.2, 0.25) is 5.91 Å². The third-order valence-corrected chi connectivity index (χ3v) is 4.16. The summed E-state index contributed by atoms with van der Waals surface area (Å²) in [5, 5.41) is 2.92. The first-order valence-electron chi connectivity index (χ1n) is 8.23. The highest BCUT2D eigenvalue weighted by Crippen LogP contribution is 2.27. The molecule has 1 N–H and O–H groups in total. The molecule has 0 aliphatic carbocycles. The molecule has 0 spiro atoms. The van der Waals surface area contributed by atoms with Gasteiger partial charge in [-0.25, -0.2) is 8.78 Å². The number of halogens is 2. The van der Waals surface area contributed by atoms with E-state index < -0.39 is 6.43 Å². The maximum atomic E-state index is 12.4. The smallest absolute Gasteiger partial charge is 0.251 e. The van der Waals surface area contributed by atoms with Crippen LogP contribution in [0.1, 0.15) is 18.4 Å². The number of rotatable bonds is 7. The Bertz CT molecular complexity index is 600. The van der Waals surface area contributed by atoms with Gasteiger partial charge in [0.05, 0.1) is 20.8 Å². The van der Waals surface area contributed by atoms with Crippen LogP contribution < -0.4 is 14.8 Å². The molecule has 2 rings (SSSR count). The number of hydrogen-bond donors (Lipinski definition) is 1. The van der Waals surface area contributed by atoms with Crippen molar-refractivity contribution >= 4 is 12.0 Å². The predicted molar refractivity (Wildman–Crippen MR) is 92.2 cm³/mol. The molecule has 0 unspecified atom stereocenters. The van der Waals surface area contributed by atoms with Crippen molar-refractivity contribution in [1.82, 2.24) is 10.2 Å². The quantitative estimate of drug-likeness (QED) is 0.765. The summed E-state index contributed by atoms with van der Waals surface area (Å²) in [5.74, 6) is 1.03. The molecule has 1 heterocycles. The van der Waals surface area contributed by atoms with Gasteiger partial charge in [-0.3, -0.25) is 9.69 Å². The van der Waals surface area contributed by atoms with Crippen molar-refractivity contribution in [2.75, 3.05) is 33.9 Å². The van der Waals surface area contributed by atoms with Gasteiger partial charge in [0.15, 0.2) is 11.5 Å². The van der Waals surface area contributed by atoms with Gasteiger partial charge in [-0.2, -0.15) is 0 Å². The summed E-state index contributed by atoms with van der Waals surface area (Å²) in [6.45, 7) is 0.962. The van der Waals surface area contributed by atoms with E-state index in [0.717, 1.165) is 5.56 Å². The van der Waals surface area contributed by atoms with E-state index in [0.29, 0.717) is 37.4 Å². The number of methoxy groups -OCH3 is 2. The molecular weight excluding hydrogens is 330 g/mol. The Balaban J connectivity index is 1.83. The van der Waals surface area contributed by atoms with E-state index in [2.05, 4.69) is 5.32 Å². The number of piperidine rings is 1. The van der Waals surface area contributed by atoms with Crippen LogP contribution in [0.15, 0.2) is 24.3 Å². The summed E-state index contributed by atoms with van der Waals surface area (Å²) in [7, 11) is 3.12. The van der Waals surface area contributed by atoms with Crippen LogP contribution in [0.3, 0.4) is 0 Å². The van der Waals surface area contributed by atoms with Gasteiger partial charge in [0, 0.05) is 25.2 Å². The summed E-state index contributed by atoms with van der Waals surface area (Å²) in [6.07, 6.45) is 2.22. The lowest BCUT2D eigenvalue weighted by molar-refractivity contribution is -0.117. The van der Waals surface area contributed by atoms with E-state index in [4.69, 9.17) is 9.47 Å². The third-order valence-electron chi connectivity index (χ3n) is 4.16. The average Bonchev–Trinajstić information content (AvgIpc) is 2.61. The van der Waals surface area contributed by atoms with Crippen LogP contribution in [0.2, 0.25) is 0 Å².